The molecule has 0 aliphatic heterocycles. The minimum absolute atomic E-state index is 0.868. The fraction of sp³-hybridized carbons (Fsp3) is 0. The van der Waals surface area contributed by atoms with Gasteiger partial charge >= 0.3 is 0 Å². The van der Waals surface area contributed by atoms with E-state index in [1.807, 2.05) is 17.4 Å². The van der Waals surface area contributed by atoms with E-state index in [0.717, 1.165) is 55.7 Å². The Balaban J connectivity index is 1.20. The highest BCUT2D eigenvalue weighted by Crippen LogP contribution is 2.47. The van der Waals surface area contributed by atoms with Crippen LogP contribution in [0.1, 0.15) is 0 Å². The van der Waals surface area contributed by atoms with Crippen molar-refractivity contribution >= 4 is 70.5 Å². The van der Waals surface area contributed by atoms with Gasteiger partial charge in [-0.25, -0.2) is 0 Å². The zero-order valence-electron chi connectivity index (χ0n) is 27.7. The Kier molecular flexibility index (Phi) is 7.04. The molecule has 2 aromatic heterocycles. The summed E-state index contributed by atoms with van der Waals surface area (Å²) < 4.78 is 9.07. The normalized spacial score (nSPS) is 11.5. The van der Waals surface area contributed by atoms with E-state index in [-0.39, 0.29) is 0 Å². The topological polar surface area (TPSA) is 16.4 Å². The van der Waals surface area contributed by atoms with E-state index in [1.165, 1.54) is 36.9 Å². The molecule has 0 saturated carbocycles. The molecule has 0 aliphatic carbocycles. The minimum Gasteiger partial charge on any atom is -0.456 e. The molecule has 0 N–H and O–H groups in total. The predicted molar refractivity (Wildman–Crippen MR) is 218 cm³/mol. The lowest BCUT2D eigenvalue weighted by molar-refractivity contribution is 0.669. The molecular weight excluding hydrogens is 639 g/mol. The fourth-order valence-electron chi connectivity index (χ4n) is 7.45. The summed E-state index contributed by atoms with van der Waals surface area (Å²) >= 11 is 1.85. The number of rotatable bonds is 6. The zero-order valence-corrected chi connectivity index (χ0v) is 28.5. The van der Waals surface area contributed by atoms with Crippen LogP contribution < -0.4 is 4.90 Å². The Hall–Kier alpha value is -6.42. The molecule has 0 fully saturated rings. The molecule has 0 aliphatic rings. The van der Waals surface area contributed by atoms with Crippen LogP contribution in [0.5, 0.6) is 0 Å². The standard InChI is InChI=1S/C48H31NOS/c1-3-12-32(13-4-1)36-24-28-38(34-14-5-2-6-15-34)43(31-36)49(42-18-11-20-45-48(42)40-17-7-9-19-44(40)50-45)37-26-22-33(23-27-37)35-25-29-47-41(30-35)39-16-8-10-21-46(39)51-47/h1-31H. The number of thiophene rings is 1. The molecule has 240 valence electrons. The molecule has 10 aromatic rings. The molecule has 0 bridgehead atoms. The summed E-state index contributed by atoms with van der Waals surface area (Å²) in [6.45, 7) is 0. The van der Waals surface area contributed by atoms with Crippen molar-refractivity contribution in [2.24, 2.45) is 0 Å². The van der Waals surface area contributed by atoms with Crippen molar-refractivity contribution in [1.29, 1.82) is 0 Å². The van der Waals surface area contributed by atoms with Gasteiger partial charge in [0.25, 0.3) is 0 Å². The second-order valence-electron chi connectivity index (χ2n) is 12.9. The van der Waals surface area contributed by atoms with Gasteiger partial charge in [-0.2, -0.15) is 0 Å². The van der Waals surface area contributed by atoms with E-state index < -0.39 is 0 Å². The Labute approximate surface area is 300 Å². The molecule has 0 unspecified atom stereocenters. The van der Waals surface area contributed by atoms with Crippen LogP contribution in [0.3, 0.4) is 0 Å². The first kappa shape index (κ1) is 29.5. The van der Waals surface area contributed by atoms with Crippen molar-refractivity contribution in [3.05, 3.63) is 188 Å². The zero-order chi connectivity index (χ0) is 33.7. The van der Waals surface area contributed by atoms with Gasteiger partial charge in [0.15, 0.2) is 0 Å². The lowest BCUT2D eigenvalue weighted by atomic mass is 9.96. The maximum atomic E-state index is 6.43. The monoisotopic (exact) mass is 669 g/mol. The minimum atomic E-state index is 0.868. The third-order valence-electron chi connectivity index (χ3n) is 9.89. The van der Waals surface area contributed by atoms with E-state index in [2.05, 4.69) is 187 Å². The lowest BCUT2D eigenvalue weighted by Crippen LogP contribution is -2.12. The average molecular weight is 670 g/mol. The van der Waals surface area contributed by atoms with Crippen LogP contribution in [-0.4, -0.2) is 0 Å². The molecule has 0 atom stereocenters. The number of para-hydroxylation sites is 1. The Bertz CT molecular complexity index is 2850. The molecule has 3 heteroatoms. The summed E-state index contributed by atoms with van der Waals surface area (Å²) in [5.74, 6) is 0. The molecule has 51 heavy (non-hydrogen) atoms. The van der Waals surface area contributed by atoms with Crippen LogP contribution in [0.25, 0.3) is 75.5 Å². The van der Waals surface area contributed by atoms with Gasteiger partial charge in [-0.15, -0.1) is 11.3 Å². The third-order valence-corrected chi connectivity index (χ3v) is 11.0. The summed E-state index contributed by atoms with van der Waals surface area (Å²) in [4.78, 5) is 2.42. The largest absolute Gasteiger partial charge is 0.456 e. The molecule has 2 heterocycles. The molecule has 10 rings (SSSR count). The van der Waals surface area contributed by atoms with Crippen molar-refractivity contribution in [2.75, 3.05) is 4.90 Å². The van der Waals surface area contributed by atoms with Crippen LogP contribution in [0.15, 0.2) is 192 Å². The van der Waals surface area contributed by atoms with E-state index in [0.29, 0.717) is 0 Å². The van der Waals surface area contributed by atoms with Crippen LogP contribution in [0, 0.1) is 0 Å². The van der Waals surface area contributed by atoms with E-state index in [9.17, 15) is 0 Å². The Morgan fingerprint density at radius 1 is 0.373 bits per heavy atom. The average Bonchev–Trinajstić information content (AvgIpc) is 3.77. The summed E-state index contributed by atoms with van der Waals surface area (Å²) in [5.41, 5.74) is 12.0. The second-order valence-corrected chi connectivity index (χ2v) is 14.0. The number of benzene rings is 8. The van der Waals surface area contributed by atoms with Gasteiger partial charge in [0.1, 0.15) is 11.2 Å². The molecule has 8 aromatic carbocycles. The van der Waals surface area contributed by atoms with Crippen molar-refractivity contribution in [3.63, 3.8) is 0 Å². The van der Waals surface area contributed by atoms with Gasteiger partial charge in [-0.3, -0.25) is 0 Å². The summed E-state index contributed by atoms with van der Waals surface area (Å²) in [6.07, 6.45) is 0. The molecule has 0 radical (unpaired) electrons. The lowest BCUT2D eigenvalue weighted by Gasteiger charge is -2.29. The highest BCUT2D eigenvalue weighted by Gasteiger charge is 2.23. The van der Waals surface area contributed by atoms with Crippen LogP contribution in [0.4, 0.5) is 17.1 Å². The van der Waals surface area contributed by atoms with Gasteiger partial charge in [0.05, 0.1) is 16.8 Å². The van der Waals surface area contributed by atoms with Gasteiger partial charge in [-0.1, -0.05) is 133 Å². The summed E-state index contributed by atoms with van der Waals surface area (Å²) in [7, 11) is 0. The first-order valence-electron chi connectivity index (χ1n) is 17.3. The van der Waals surface area contributed by atoms with Crippen molar-refractivity contribution < 1.29 is 4.42 Å². The first-order chi connectivity index (χ1) is 25.3. The number of nitrogens with zero attached hydrogens (tertiary/aromatic N) is 1. The second kappa shape index (κ2) is 12.2. The third kappa shape index (κ3) is 5.10. The highest BCUT2D eigenvalue weighted by molar-refractivity contribution is 7.25. The van der Waals surface area contributed by atoms with Crippen molar-refractivity contribution in [3.8, 4) is 33.4 Å². The van der Waals surface area contributed by atoms with Crippen molar-refractivity contribution in [2.45, 2.75) is 0 Å². The Morgan fingerprint density at radius 2 is 0.980 bits per heavy atom. The highest BCUT2D eigenvalue weighted by atomic mass is 32.1. The van der Waals surface area contributed by atoms with E-state index in [4.69, 9.17) is 4.42 Å². The molecule has 0 spiro atoms. The number of hydrogen-bond donors (Lipinski definition) is 0. The SMILES string of the molecule is c1ccc(-c2ccc(-c3ccccc3)c(N(c3ccc(-c4ccc5sc6ccccc6c5c4)cc3)c3cccc4oc5ccccc5c34)c2)cc1. The summed E-state index contributed by atoms with van der Waals surface area (Å²) in [6, 6.07) is 67.5. The quantitative estimate of drug-likeness (QED) is 0.175. The number of fused-ring (bicyclic) bond motifs is 6. The van der Waals surface area contributed by atoms with Gasteiger partial charge in [0.2, 0.25) is 0 Å². The molecular formula is C48H31NOS. The number of furan rings is 1. The van der Waals surface area contributed by atoms with Crippen molar-refractivity contribution in [1.82, 2.24) is 0 Å². The fourth-order valence-corrected chi connectivity index (χ4v) is 8.53. The smallest absolute Gasteiger partial charge is 0.137 e. The number of hydrogen-bond acceptors (Lipinski definition) is 3. The molecule has 0 amide bonds. The van der Waals surface area contributed by atoms with Gasteiger partial charge in [0, 0.05) is 36.8 Å². The van der Waals surface area contributed by atoms with Crippen LogP contribution in [0.2, 0.25) is 0 Å². The molecule has 2 nitrogen and oxygen atoms in total. The van der Waals surface area contributed by atoms with Crippen LogP contribution in [-0.2, 0) is 0 Å². The maximum absolute atomic E-state index is 6.43. The van der Waals surface area contributed by atoms with Gasteiger partial charge in [-0.05, 0) is 82.4 Å². The van der Waals surface area contributed by atoms with Gasteiger partial charge < -0.3 is 9.32 Å². The van der Waals surface area contributed by atoms with E-state index in [1.54, 1.807) is 0 Å². The predicted octanol–water partition coefficient (Wildman–Crippen LogP) is 14.4. The first-order valence-corrected chi connectivity index (χ1v) is 18.1. The number of anilines is 3. The Morgan fingerprint density at radius 3 is 1.80 bits per heavy atom. The molecule has 0 saturated heterocycles. The summed E-state index contributed by atoms with van der Waals surface area (Å²) in [5, 5.41) is 4.81. The van der Waals surface area contributed by atoms with E-state index >= 15 is 0 Å². The van der Waals surface area contributed by atoms with Crippen LogP contribution >= 0.6 is 11.3 Å². The maximum Gasteiger partial charge on any atom is 0.137 e.